The fourth-order valence-electron chi connectivity index (χ4n) is 2.54. The van der Waals surface area contributed by atoms with E-state index in [2.05, 4.69) is 84.1 Å². The van der Waals surface area contributed by atoms with Crippen LogP contribution in [0, 0.1) is 12.2 Å². The number of nitrogens with zero attached hydrogens (tertiary/aromatic N) is 8. The van der Waals surface area contributed by atoms with Crippen molar-refractivity contribution >= 4 is 55.5 Å². The van der Waals surface area contributed by atoms with Crippen molar-refractivity contribution in [2.75, 3.05) is 54.5 Å². The molecule has 2 aromatic rings. The standard InChI is InChI=1S/C18H32N2O4.2C2F2N3O2S.2O2S/c1-7-17(21)23-15-9-11-19(3,4)13-14-20(5,6)12-10-16-24-18(22)8-2;2*3-1-5-2(7-6-1)10(4,8)9;2*1-3-2/h7-8,13-14H,1-2,9-12,15-16H2,3-6H3;;;;/q+2;2*-1;;/b14-13-;;;;. The minimum absolute atomic E-state index is 0.384. The third kappa shape index (κ3) is 28.6. The maximum absolute atomic E-state index is 11.8. The second kappa shape index (κ2) is 25.6. The minimum Gasteiger partial charge on any atom is -0.462 e. The van der Waals surface area contributed by atoms with Crippen molar-refractivity contribution in [1.29, 1.82) is 0 Å². The van der Waals surface area contributed by atoms with Crippen LogP contribution in [-0.2, 0) is 62.7 Å². The minimum atomic E-state index is -5.01. The van der Waals surface area contributed by atoms with Gasteiger partial charge in [0.25, 0.3) is 0 Å². The van der Waals surface area contributed by atoms with E-state index in [0.717, 1.165) is 25.9 Å². The van der Waals surface area contributed by atoms with Crippen LogP contribution < -0.4 is 9.97 Å². The third-order valence-electron chi connectivity index (χ3n) is 4.70. The van der Waals surface area contributed by atoms with Gasteiger partial charge in [0.1, 0.15) is 22.7 Å². The molecule has 0 radical (unpaired) electrons. The first-order chi connectivity index (χ1) is 22.9. The van der Waals surface area contributed by atoms with Gasteiger partial charge < -0.3 is 39.8 Å². The molecule has 0 aliphatic carbocycles. The maximum atomic E-state index is 11.8. The molecule has 0 fully saturated rings. The summed E-state index contributed by atoms with van der Waals surface area (Å²) >= 11 is -1.50. The molecular weight excluding hydrogens is 773 g/mol. The molecule has 0 aliphatic rings. The Labute approximate surface area is 291 Å². The van der Waals surface area contributed by atoms with Crippen molar-refractivity contribution in [2.24, 2.45) is 0 Å². The maximum Gasteiger partial charge on any atom is 0.337 e. The van der Waals surface area contributed by atoms with Crippen LogP contribution in [-0.4, -0.2) is 129 Å². The van der Waals surface area contributed by atoms with Crippen LogP contribution in [0.1, 0.15) is 12.8 Å². The van der Waals surface area contributed by atoms with E-state index in [1.54, 1.807) is 0 Å². The van der Waals surface area contributed by atoms with Crippen molar-refractivity contribution in [1.82, 2.24) is 30.4 Å². The number of ether oxygens (including phenoxy) is 2. The van der Waals surface area contributed by atoms with E-state index in [-0.39, 0.29) is 11.9 Å². The Balaban J connectivity index is -0.000000691. The van der Waals surface area contributed by atoms with Gasteiger partial charge in [0.05, 0.1) is 54.5 Å². The number of aromatic nitrogens is 6. The van der Waals surface area contributed by atoms with E-state index >= 15 is 0 Å². The lowest BCUT2D eigenvalue weighted by Crippen LogP contribution is -2.39. The normalized spacial score (nSPS) is 11.0. The van der Waals surface area contributed by atoms with Gasteiger partial charge in [-0.05, 0) is 0 Å². The second-order valence-corrected chi connectivity index (χ2v) is 12.2. The van der Waals surface area contributed by atoms with E-state index in [1.807, 2.05) is 0 Å². The van der Waals surface area contributed by atoms with Gasteiger partial charge >= 0.3 is 55.5 Å². The summed E-state index contributed by atoms with van der Waals surface area (Å²) in [6, 6.07) is 0. The molecule has 28 heteroatoms. The summed E-state index contributed by atoms with van der Waals surface area (Å²) in [7, 11) is -1.63. The molecule has 0 atom stereocenters. The molecule has 0 saturated heterocycles. The number of esters is 2. The van der Waals surface area contributed by atoms with Gasteiger partial charge in [0, 0.05) is 25.0 Å². The molecule has 0 amide bonds. The van der Waals surface area contributed by atoms with Crippen molar-refractivity contribution in [3.63, 3.8) is 0 Å². The molecule has 284 valence electrons. The molecule has 2 heterocycles. The first-order valence-electron chi connectivity index (χ1n) is 12.7. The average molecular weight is 805 g/mol. The van der Waals surface area contributed by atoms with Crippen molar-refractivity contribution in [3.05, 3.63) is 49.9 Å². The van der Waals surface area contributed by atoms with E-state index in [0.29, 0.717) is 22.2 Å². The number of carbonyl (C=O) groups excluding carboxylic acids is 2. The van der Waals surface area contributed by atoms with Crippen LogP contribution in [0.4, 0.5) is 16.6 Å². The fourth-order valence-corrected chi connectivity index (χ4v) is 3.18. The SMILES string of the molecule is C=CC(=O)OCCC[N+](C)(C)/C=C\[N+](C)(C)CCCOC(=O)C=C.O=S(=O)(F)c1nnc(F)[n-]1.O=S(=O)(F)c1nnc(F)[n-]1.O=S=O.O=S=O. The van der Waals surface area contributed by atoms with Gasteiger partial charge in [-0.1, -0.05) is 20.9 Å². The van der Waals surface area contributed by atoms with Gasteiger partial charge in [0.15, 0.2) is 12.2 Å². The molecule has 0 aromatic carbocycles. The average Bonchev–Trinajstić information content (AvgIpc) is 3.66. The molecule has 0 spiro atoms. The van der Waals surface area contributed by atoms with E-state index in [4.69, 9.17) is 26.3 Å². The Morgan fingerprint density at radius 3 is 1.16 bits per heavy atom. The van der Waals surface area contributed by atoms with Crippen LogP contribution in [0.2, 0.25) is 0 Å². The second-order valence-electron chi connectivity index (χ2n) is 9.49. The molecule has 0 unspecified atom stereocenters. The summed E-state index contributed by atoms with van der Waals surface area (Å²) in [4.78, 5) is 27.0. The van der Waals surface area contributed by atoms with E-state index < -0.39 is 66.1 Å². The number of hydrogen-bond acceptors (Lipinski definition) is 16. The highest BCUT2D eigenvalue weighted by Gasteiger charge is 2.17. The zero-order chi connectivity index (χ0) is 39.6. The predicted molar refractivity (Wildman–Crippen MR) is 160 cm³/mol. The molecule has 0 bridgehead atoms. The van der Waals surface area contributed by atoms with Gasteiger partial charge in [-0.3, -0.25) is 8.97 Å². The molecule has 0 N–H and O–H groups in total. The predicted octanol–water partition coefficient (Wildman–Crippen LogP) is -1.03. The van der Waals surface area contributed by atoms with Crippen molar-refractivity contribution in [2.45, 2.75) is 23.2 Å². The smallest absolute Gasteiger partial charge is 0.337 e. The molecular formula is C22H32F4N8O12S4. The van der Waals surface area contributed by atoms with Gasteiger partial charge in [-0.15, -0.1) is 0 Å². The quantitative estimate of drug-likeness (QED) is 0.0551. The first-order valence-corrected chi connectivity index (χ1v) is 16.8. The van der Waals surface area contributed by atoms with Gasteiger partial charge in [-0.2, -0.15) is 42.5 Å². The lowest BCUT2D eigenvalue weighted by atomic mass is 10.3. The van der Waals surface area contributed by atoms with Crippen molar-refractivity contribution in [3.8, 4) is 0 Å². The van der Waals surface area contributed by atoms with Gasteiger partial charge in [0.2, 0.25) is 0 Å². The van der Waals surface area contributed by atoms with Crippen molar-refractivity contribution < 1.29 is 78.3 Å². The van der Waals surface area contributed by atoms with E-state index in [1.165, 1.54) is 12.2 Å². The number of hydrogen-bond donors (Lipinski definition) is 0. The van der Waals surface area contributed by atoms with Crippen LogP contribution in [0.15, 0.2) is 48.0 Å². The molecule has 0 aliphatic heterocycles. The molecule has 2 rings (SSSR count). The summed E-state index contributed by atoms with van der Waals surface area (Å²) in [5.74, 6) is -0.767. The highest BCUT2D eigenvalue weighted by atomic mass is 32.3. The summed E-state index contributed by atoms with van der Waals surface area (Å²) in [5, 5.41) is 7.76. The lowest BCUT2D eigenvalue weighted by molar-refractivity contribution is -0.867. The third-order valence-corrected chi connectivity index (χ3v) is 5.92. The van der Waals surface area contributed by atoms with Gasteiger partial charge in [-0.25, -0.2) is 9.59 Å². The Hall–Kier alpha value is -4.38. The monoisotopic (exact) mass is 804 g/mol. The van der Waals surface area contributed by atoms with E-state index in [9.17, 15) is 43.0 Å². The molecule has 2 aromatic heterocycles. The fraction of sp³-hybridized carbons (Fsp3) is 0.455. The molecule has 20 nitrogen and oxygen atoms in total. The zero-order valence-electron chi connectivity index (χ0n) is 26.6. The first kappa shape index (κ1) is 50.0. The number of carbonyl (C=O) groups is 2. The lowest BCUT2D eigenvalue weighted by Gasteiger charge is -2.28. The van der Waals surface area contributed by atoms with Crippen LogP contribution >= 0.6 is 0 Å². The number of halogens is 4. The van der Waals surface area contributed by atoms with Crippen LogP contribution in [0.3, 0.4) is 0 Å². The number of quaternary nitrogens is 2. The summed E-state index contributed by atoms with van der Waals surface area (Å²) in [6.45, 7) is 9.24. The Morgan fingerprint density at radius 2 is 0.980 bits per heavy atom. The topological polar surface area (TPSA) is 269 Å². The molecule has 50 heavy (non-hydrogen) atoms. The Bertz CT molecular complexity index is 1570. The van der Waals surface area contributed by atoms with Crippen LogP contribution in [0.5, 0.6) is 0 Å². The number of rotatable bonds is 14. The summed E-state index contributed by atoms with van der Waals surface area (Å²) < 4.78 is 131. The summed E-state index contributed by atoms with van der Waals surface area (Å²) in [6.07, 6.45) is 5.44. The molecule has 0 saturated carbocycles. The Morgan fingerprint density at radius 1 is 0.700 bits per heavy atom. The van der Waals surface area contributed by atoms with Crippen LogP contribution in [0.25, 0.3) is 0 Å². The zero-order valence-corrected chi connectivity index (χ0v) is 29.9. The summed E-state index contributed by atoms with van der Waals surface area (Å²) in [5.41, 5.74) is 0. The highest BCUT2D eigenvalue weighted by molar-refractivity contribution is 7.86. The largest absolute Gasteiger partial charge is 0.462 e. The Kier molecular flexibility index (Phi) is 25.6. The highest BCUT2D eigenvalue weighted by Crippen LogP contribution is 2.08.